The van der Waals surface area contributed by atoms with Gasteiger partial charge in [0.2, 0.25) is 0 Å². The molecule has 2 rings (SSSR count). The second-order valence-corrected chi connectivity index (χ2v) is 5.58. The van der Waals surface area contributed by atoms with E-state index in [1.807, 2.05) is 6.07 Å². The van der Waals surface area contributed by atoms with E-state index in [-0.39, 0.29) is 5.82 Å². The second kappa shape index (κ2) is 5.78. The first-order chi connectivity index (χ1) is 9.02. The number of ether oxygens (including phenoxy) is 1. The van der Waals surface area contributed by atoms with Gasteiger partial charge in [0.05, 0.1) is 12.8 Å². The highest BCUT2D eigenvalue weighted by atomic mass is 19.1. The molecule has 1 saturated heterocycles. The predicted molar refractivity (Wildman–Crippen MR) is 76.4 cm³/mol. The van der Waals surface area contributed by atoms with Crippen LogP contribution in [0.2, 0.25) is 0 Å². The highest BCUT2D eigenvalue weighted by Gasteiger charge is 2.28. The summed E-state index contributed by atoms with van der Waals surface area (Å²) in [5.41, 5.74) is 0.976. The van der Waals surface area contributed by atoms with E-state index in [2.05, 4.69) is 31.0 Å². The number of rotatable bonds is 3. The summed E-state index contributed by atoms with van der Waals surface area (Å²) >= 11 is 0. The molecule has 0 spiro atoms. The molecule has 0 aromatic heterocycles. The van der Waals surface area contributed by atoms with Crippen molar-refractivity contribution >= 4 is 5.69 Å². The molecule has 1 N–H and O–H groups in total. The molecule has 1 aliphatic rings. The maximum absolute atomic E-state index is 13.3. The van der Waals surface area contributed by atoms with Crippen molar-refractivity contribution in [1.82, 2.24) is 5.32 Å². The largest absolute Gasteiger partial charge is 0.494 e. The summed E-state index contributed by atoms with van der Waals surface area (Å²) in [5, 5.41) is 3.56. The molecule has 0 amide bonds. The van der Waals surface area contributed by atoms with E-state index in [0.717, 1.165) is 18.8 Å². The van der Waals surface area contributed by atoms with Gasteiger partial charge in [-0.1, -0.05) is 13.8 Å². The van der Waals surface area contributed by atoms with Crippen LogP contribution in [-0.2, 0) is 0 Å². The Kier molecular flexibility index (Phi) is 4.30. The number of nitrogens with one attached hydrogen (secondary N) is 1. The summed E-state index contributed by atoms with van der Waals surface area (Å²) in [6.07, 6.45) is 0. The minimum Gasteiger partial charge on any atom is -0.494 e. The SMILES string of the molecule is COc1cc(F)ccc1N1CC(C(C)C)NCC1C. The smallest absolute Gasteiger partial charge is 0.145 e. The van der Waals surface area contributed by atoms with E-state index in [1.54, 1.807) is 7.11 Å². The quantitative estimate of drug-likeness (QED) is 0.910. The Labute approximate surface area is 114 Å². The van der Waals surface area contributed by atoms with Crippen LogP contribution in [0, 0.1) is 11.7 Å². The van der Waals surface area contributed by atoms with Crippen LogP contribution in [0.4, 0.5) is 10.1 Å². The van der Waals surface area contributed by atoms with Crippen molar-refractivity contribution in [3.63, 3.8) is 0 Å². The molecule has 1 fully saturated rings. The predicted octanol–water partition coefficient (Wildman–Crippen LogP) is 2.66. The van der Waals surface area contributed by atoms with Crippen LogP contribution in [0.5, 0.6) is 5.75 Å². The van der Waals surface area contributed by atoms with E-state index in [4.69, 9.17) is 4.74 Å². The first-order valence-corrected chi connectivity index (χ1v) is 6.86. The van der Waals surface area contributed by atoms with Crippen LogP contribution in [0.1, 0.15) is 20.8 Å². The molecule has 2 atom stereocenters. The van der Waals surface area contributed by atoms with Gasteiger partial charge in [0.25, 0.3) is 0 Å². The molecule has 4 heteroatoms. The third-order valence-corrected chi connectivity index (χ3v) is 3.86. The molecule has 1 heterocycles. The van der Waals surface area contributed by atoms with Gasteiger partial charge >= 0.3 is 0 Å². The van der Waals surface area contributed by atoms with Crippen molar-refractivity contribution in [2.75, 3.05) is 25.1 Å². The topological polar surface area (TPSA) is 24.5 Å². The molecule has 0 aliphatic carbocycles. The summed E-state index contributed by atoms with van der Waals surface area (Å²) in [6, 6.07) is 5.58. The van der Waals surface area contributed by atoms with Crippen LogP contribution in [-0.4, -0.2) is 32.3 Å². The molecule has 106 valence electrons. The number of hydrogen-bond donors (Lipinski definition) is 1. The number of anilines is 1. The highest BCUT2D eigenvalue weighted by molar-refractivity contribution is 5.59. The van der Waals surface area contributed by atoms with E-state index in [9.17, 15) is 4.39 Å². The molecular formula is C15H23FN2O. The van der Waals surface area contributed by atoms with Crippen LogP contribution in [0.3, 0.4) is 0 Å². The van der Waals surface area contributed by atoms with Crippen LogP contribution < -0.4 is 15.0 Å². The van der Waals surface area contributed by atoms with Gasteiger partial charge in [0, 0.05) is 31.2 Å². The maximum Gasteiger partial charge on any atom is 0.145 e. The molecule has 1 aliphatic heterocycles. The van der Waals surface area contributed by atoms with Crippen molar-refractivity contribution in [2.45, 2.75) is 32.9 Å². The Balaban J connectivity index is 2.28. The summed E-state index contributed by atoms with van der Waals surface area (Å²) in [7, 11) is 1.59. The lowest BCUT2D eigenvalue weighted by molar-refractivity contribution is 0.333. The second-order valence-electron chi connectivity index (χ2n) is 5.58. The molecule has 3 nitrogen and oxygen atoms in total. The summed E-state index contributed by atoms with van der Waals surface area (Å²) in [4.78, 5) is 2.31. The Morgan fingerprint density at radius 3 is 2.79 bits per heavy atom. The van der Waals surface area contributed by atoms with Crippen molar-refractivity contribution in [1.29, 1.82) is 0 Å². The number of nitrogens with zero attached hydrogens (tertiary/aromatic N) is 1. The van der Waals surface area contributed by atoms with Gasteiger partial charge in [-0.2, -0.15) is 0 Å². The summed E-state index contributed by atoms with van der Waals surface area (Å²) in [6.45, 7) is 8.46. The van der Waals surface area contributed by atoms with Crippen LogP contribution >= 0.6 is 0 Å². The average molecular weight is 266 g/mol. The number of methoxy groups -OCH3 is 1. The van der Waals surface area contributed by atoms with E-state index >= 15 is 0 Å². The zero-order valence-electron chi connectivity index (χ0n) is 12.1. The Hall–Kier alpha value is -1.29. The Morgan fingerprint density at radius 2 is 2.16 bits per heavy atom. The Morgan fingerprint density at radius 1 is 1.42 bits per heavy atom. The minimum atomic E-state index is -0.260. The number of piperazine rings is 1. The fourth-order valence-corrected chi connectivity index (χ4v) is 2.56. The maximum atomic E-state index is 13.3. The molecule has 19 heavy (non-hydrogen) atoms. The van der Waals surface area contributed by atoms with Gasteiger partial charge in [-0.15, -0.1) is 0 Å². The number of benzene rings is 1. The van der Waals surface area contributed by atoms with E-state index in [1.165, 1.54) is 12.1 Å². The summed E-state index contributed by atoms with van der Waals surface area (Å²) in [5.74, 6) is 0.918. The van der Waals surface area contributed by atoms with Gasteiger partial charge in [0.15, 0.2) is 0 Å². The lowest BCUT2D eigenvalue weighted by Crippen LogP contribution is -2.57. The third-order valence-electron chi connectivity index (χ3n) is 3.86. The fourth-order valence-electron chi connectivity index (χ4n) is 2.56. The van der Waals surface area contributed by atoms with Crippen molar-refractivity contribution < 1.29 is 9.13 Å². The normalized spacial score (nSPS) is 23.8. The zero-order valence-corrected chi connectivity index (χ0v) is 12.1. The standard InChI is InChI=1S/C15H23FN2O/c1-10(2)13-9-18(11(3)8-17-13)14-6-5-12(16)7-15(14)19-4/h5-7,10-11,13,17H,8-9H2,1-4H3. The van der Waals surface area contributed by atoms with E-state index < -0.39 is 0 Å². The monoisotopic (exact) mass is 266 g/mol. The van der Waals surface area contributed by atoms with Gasteiger partial charge in [0.1, 0.15) is 11.6 Å². The molecule has 1 aromatic rings. The minimum absolute atomic E-state index is 0.260. The first kappa shape index (κ1) is 14.1. The van der Waals surface area contributed by atoms with Gasteiger partial charge in [-0.3, -0.25) is 0 Å². The fraction of sp³-hybridized carbons (Fsp3) is 0.600. The van der Waals surface area contributed by atoms with Crippen molar-refractivity contribution in [3.05, 3.63) is 24.0 Å². The van der Waals surface area contributed by atoms with Gasteiger partial charge < -0.3 is 15.0 Å². The highest BCUT2D eigenvalue weighted by Crippen LogP contribution is 2.32. The van der Waals surface area contributed by atoms with Crippen molar-refractivity contribution in [3.8, 4) is 5.75 Å². The molecule has 2 unspecified atom stereocenters. The lowest BCUT2D eigenvalue weighted by atomic mass is 9.99. The summed E-state index contributed by atoms with van der Waals surface area (Å²) < 4.78 is 18.6. The van der Waals surface area contributed by atoms with Gasteiger partial charge in [-0.05, 0) is 25.0 Å². The first-order valence-electron chi connectivity index (χ1n) is 6.86. The average Bonchev–Trinajstić information content (AvgIpc) is 2.39. The van der Waals surface area contributed by atoms with E-state index in [0.29, 0.717) is 23.8 Å². The van der Waals surface area contributed by atoms with Crippen LogP contribution in [0.25, 0.3) is 0 Å². The number of halogens is 1. The Bertz CT molecular complexity index is 436. The third kappa shape index (κ3) is 3.00. The molecule has 1 aromatic carbocycles. The molecular weight excluding hydrogens is 243 g/mol. The molecule has 0 saturated carbocycles. The van der Waals surface area contributed by atoms with Crippen molar-refractivity contribution in [2.24, 2.45) is 5.92 Å². The number of hydrogen-bond acceptors (Lipinski definition) is 3. The lowest BCUT2D eigenvalue weighted by Gasteiger charge is -2.42. The zero-order chi connectivity index (χ0) is 14.0. The molecule has 0 radical (unpaired) electrons. The molecule has 0 bridgehead atoms. The van der Waals surface area contributed by atoms with Crippen LogP contribution in [0.15, 0.2) is 18.2 Å². The van der Waals surface area contributed by atoms with Gasteiger partial charge in [-0.25, -0.2) is 4.39 Å².